The molecule has 0 aromatic heterocycles. The smallest absolute Gasteiger partial charge is 0.0618 e. The second kappa shape index (κ2) is 6.38. The van der Waals surface area contributed by atoms with E-state index in [1.54, 1.807) is 7.11 Å². The number of methoxy groups -OCH3 is 1. The van der Waals surface area contributed by atoms with E-state index in [4.69, 9.17) is 9.47 Å². The Morgan fingerprint density at radius 2 is 2.07 bits per heavy atom. The third-order valence-electron chi connectivity index (χ3n) is 2.50. The fourth-order valence-corrected chi connectivity index (χ4v) is 1.58. The van der Waals surface area contributed by atoms with Gasteiger partial charge in [-0.1, -0.05) is 0 Å². The van der Waals surface area contributed by atoms with E-state index in [9.17, 15) is 0 Å². The fraction of sp³-hybridized carbons (Fsp3) is 1.00. The largest absolute Gasteiger partial charge is 0.383 e. The van der Waals surface area contributed by atoms with Crippen molar-refractivity contribution in [1.29, 1.82) is 0 Å². The standard InChI is InChI=1S/C11H23NO2/c1-9(2)14-7-6-12-11(8-13-3)10-4-5-10/h9-12H,4-8H2,1-3H3. The zero-order chi connectivity index (χ0) is 10.4. The molecule has 1 unspecified atom stereocenters. The lowest BCUT2D eigenvalue weighted by atomic mass is 10.2. The summed E-state index contributed by atoms with van der Waals surface area (Å²) in [6.45, 7) is 6.68. The highest BCUT2D eigenvalue weighted by molar-refractivity contribution is 4.86. The highest BCUT2D eigenvalue weighted by Gasteiger charge is 2.30. The number of hydrogen-bond donors (Lipinski definition) is 1. The van der Waals surface area contributed by atoms with Crippen LogP contribution in [-0.2, 0) is 9.47 Å². The summed E-state index contributed by atoms with van der Waals surface area (Å²) in [7, 11) is 1.77. The Balaban J connectivity index is 2.01. The second-order valence-electron chi connectivity index (χ2n) is 4.27. The lowest BCUT2D eigenvalue weighted by molar-refractivity contribution is 0.0750. The van der Waals surface area contributed by atoms with Gasteiger partial charge in [0.25, 0.3) is 0 Å². The maximum absolute atomic E-state index is 5.47. The molecule has 1 N–H and O–H groups in total. The quantitative estimate of drug-likeness (QED) is 0.603. The molecule has 0 bridgehead atoms. The van der Waals surface area contributed by atoms with Gasteiger partial charge in [0.2, 0.25) is 0 Å². The molecule has 0 aromatic rings. The van der Waals surface area contributed by atoms with Crippen molar-refractivity contribution in [3.63, 3.8) is 0 Å². The van der Waals surface area contributed by atoms with Crippen LogP contribution in [0.15, 0.2) is 0 Å². The zero-order valence-electron chi connectivity index (χ0n) is 9.58. The molecule has 14 heavy (non-hydrogen) atoms. The first-order valence-electron chi connectivity index (χ1n) is 5.58. The molecule has 1 fully saturated rings. The Morgan fingerprint density at radius 1 is 1.36 bits per heavy atom. The van der Waals surface area contributed by atoms with Crippen molar-refractivity contribution in [3.05, 3.63) is 0 Å². The highest BCUT2D eigenvalue weighted by atomic mass is 16.5. The molecule has 1 rings (SSSR count). The van der Waals surface area contributed by atoms with Gasteiger partial charge in [0.15, 0.2) is 0 Å². The average molecular weight is 201 g/mol. The van der Waals surface area contributed by atoms with Gasteiger partial charge >= 0.3 is 0 Å². The molecule has 0 aliphatic heterocycles. The first-order chi connectivity index (χ1) is 6.74. The summed E-state index contributed by atoms with van der Waals surface area (Å²) in [5.74, 6) is 0.842. The topological polar surface area (TPSA) is 30.5 Å². The molecule has 0 saturated heterocycles. The molecule has 1 atom stereocenters. The molecule has 0 heterocycles. The van der Waals surface area contributed by atoms with Crippen LogP contribution in [0.3, 0.4) is 0 Å². The Hall–Kier alpha value is -0.120. The predicted octanol–water partition coefficient (Wildman–Crippen LogP) is 1.43. The van der Waals surface area contributed by atoms with Crippen molar-refractivity contribution in [1.82, 2.24) is 5.32 Å². The van der Waals surface area contributed by atoms with Gasteiger partial charge in [0, 0.05) is 19.7 Å². The number of ether oxygens (including phenoxy) is 2. The fourth-order valence-electron chi connectivity index (χ4n) is 1.58. The van der Waals surface area contributed by atoms with Crippen LogP contribution in [0.25, 0.3) is 0 Å². The molecular formula is C11H23NO2. The monoisotopic (exact) mass is 201 g/mol. The van der Waals surface area contributed by atoms with Crippen LogP contribution >= 0.6 is 0 Å². The van der Waals surface area contributed by atoms with Crippen LogP contribution in [0.1, 0.15) is 26.7 Å². The third kappa shape index (κ3) is 4.94. The molecule has 3 nitrogen and oxygen atoms in total. The van der Waals surface area contributed by atoms with E-state index < -0.39 is 0 Å². The van der Waals surface area contributed by atoms with Crippen molar-refractivity contribution in [3.8, 4) is 0 Å². The Labute approximate surface area is 87.2 Å². The van der Waals surface area contributed by atoms with Crippen LogP contribution < -0.4 is 5.32 Å². The SMILES string of the molecule is COCC(NCCOC(C)C)C1CC1. The van der Waals surface area contributed by atoms with E-state index in [0.717, 1.165) is 25.7 Å². The van der Waals surface area contributed by atoms with Crippen molar-refractivity contribution < 1.29 is 9.47 Å². The summed E-state index contributed by atoms with van der Waals surface area (Å²) in [6.07, 6.45) is 3.04. The van der Waals surface area contributed by atoms with Crippen LogP contribution in [-0.4, -0.2) is 39.0 Å². The molecular weight excluding hydrogens is 178 g/mol. The molecule has 3 heteroatoms. The van der Waals surface area contributed by atoms with Crippen LogP contribution in [0.2, 0.25) is 0 Å². The summed E-state index contributed by atoms with van der Waals surface area (Å²) >= 11 is 0. The molecule has 1 aliphatic rings. The average Bonchev–Trinajstić information content (AvgIpc) is 2.93. The Morgan fingerprint density at radius 3 is 2.57 bits per heavy atom. The molecule has 84 valence electrons. The van der Waals surface area contributed by atoms with Gasteiger partial charge in [-0.2, -0.15) is 0 Å². The van der Waals surface area contributed by atoms with Crippen molar-refractivity contribution in [2.24, 2.45) is 5.92 Å². The van der Waals surface area contributed by atoms with Crippen LogP contribution in [0, 0.1) is 5.92 Å². The predicted molar refractivity (Wildman–Crippen MR) is 57.5 cm³/mol. The van der Waals surface area contributed by atoms with Crippen LogP contribution in [0.5, 0.6) is 0 Å². The number of hydrogen-bond acceptors (Lipinski definition) is 3. The van der Waals surface area contributed by atoms with E-state index in [1.165, 1.54) is 12.8 Å². The summed E-state index contributed by atoms with van der Waals surface area (Å²) in [6, 6.07) is 0.538. The summed E-state index contributed by atoms with van der Waals surface area (Å²) < 4.78 is 10.6. The third-order valence-corrected chi connectivity index (χ3v) is 2.50. The summed E-state index contributed by atoms with van der Waals surface area (Å²) in [5.41, 5.74) is 0. The molecule has 1 saturated carbocycles. The maximum atomic E-state index is 5.47. The van der Waals surface area contributed by atoms with E-state index in [-0.39, 0.29) is 0 Å². The van der Waals surface area contributed by atoms with E-state index in [1.807, 2.05) is 0 Å². The van der Waals surface area contributed by atoms with Crippen molar-refractivity contribution >= 4 is 0 Å². The summed E-state index contributed by atoms with van der Waals surface area (Å²) in [4.78, 5) is 0. The van der Waals surface area contributed by atoms with Gasteiger partial charge in [-0.25, -0.2) is 0 Å². The first kappa shape index (κ1) is 12.0. The first-order valence-corrected chi connectivity index (χ1v) is 5.58. The zero-order valence-corrected chi connectivity index (χ0v) is 9.58. The van der Waals surface area contributed by atoms with E-state index >= 15 is 0 Å². The van der Waals surface area contributed by atoms with Gasteiger partial charge < -0.3 is 14.8 Å². The number of nitrogens with one attached hydrogen (secondary N) is 1. The molecule has 0 aromatic carbocycles. The Kier molecular flexibility index (Phi) is 5.45. The summed E-state index contributed by atoms with van der Waals surface area (Å²) in [5, 5.41) is 3.49. The lowest BCUT2D eigenvalue weighted by Gasteiger charge is -2.17. The van der Waals surface area contributed by atoms with Gasteiger partial charge in [0.05, 0.1) is 19.3 Å². The van der Waals surface area contributed by atoms with Gasteiger partial charge in [-0.05, 0) is 32.6 Å². The number of rotatable bonds is 8. The minimum absolute atomic E-state index is 0.332. The van der Waals surface area contributed by atoms with E-state index in [2.05, 4.69) is 19.2 Å². The van der Waals surface area contributed by atoms with Gasteiger partial charge in [-0.15, -0.1) is 0 Å². The maximum Gasteiger partial charge on any atom is 0.0618 e. The molecule has 0 amide bonds. The minimum atomic E-state index is 0.332. The second-order valence-corrected chi connectivity index (χ2v) is 4.27. The van der Waals surface area contributed by atoms with Crippen LogP contribution in [0.4, 0.5) is 0 Å². The molecule has 1 aliphatic carbocycles. The lowest BCUT2D eigenvalue weighted by Crippen LogP contribution is -2.37. The Bertz CT molecular complexity index is 146. The molecule has 0 spiro atoms. The highest BCUT2D eigenvalue weighted by Crippen LogP contribution is 2.32. The minimum Gasteiger partial charge on any atom is -0.383 e. The van der Waals surface area contributed by atoms with E-state index in [0.29, 0.717) is 12.1 Å². The van der Waals surface area contributed by atoms with Crippen molar-refractivity contribution in [2.45, 2.75) is 38.8 Å². The van der Waals surface area contributed by atoms with Crippen molar-refractivity contribution in [2.75, 3.05) is 26.9 Å². The van der Waals surface area contributed by atoms with Gasteiger partial charge in [-0.3, -0.25) is 0 Å². The normalized spacial score (nSPS) is 18.9. The molecule has 0 radical (unpaired) electrons. The van der Waals surface area contributed by atoms with Gasteiger partial charge in [0.1, 0.15) is 0 Å².